The summed E-state index contributed by atoms with van der Waals surface area (Å²) >= 11 is 0. The monoisotopic (exact) mass is 310 g/mol. The molecule has 4 heteroatoms. The van der Waals surface area contributed by atoms with Crippen LogP contribution in [0.4, 0.5) is 5.69 Å². The van der Waals surface area contributed by atoms with E-state index in [1.54, 1.807) is 0 Å². The summed E-state index contributed by atoms with van der Waals surface area (Å²) in [7, 11) is 0. The minimum Gasteiger partial charge on any atom is -0.494 e. The Kier molecular flexibility index (Phi) is 4.51. The molecule has 0 spiro atoms. The van der Waals surface area contributed by atoms with Gasteiger partial charge in [-0.3, -0.25) is 4.79 Å². The zero-order chi connectivity index (χ0) is 16.2. The van der Waals surface area contributed by atoms with E-state index in [1.165, 1.54) is 0 Å². The van der Waals surface area contributed by atoms with Crippen LogP contribution >= 0.6 is 0 Å². The summed E-state index contributed by atoms with van der Waals surface area (Å²) < 4.78 is 5.50. The molecule has 0 radical (unpaired) electrons. The third kappa shape index (κ3) is 3.02. The van der Waals surface area contributed by atoms with Crippen molar-refractivity contribution in [2.45, 2.75) is 26.4 Å². The average Bonchev–Trinajstić information content (AvgIpc) is 2.58. The minimum absolute atomic E-state index is 0.0834. The summed E-state index contributed by atoms with van der Waals surface area (Å²) in [4.78, 5) is 14.7. The highest BCUT2D eigenvalue weighted by Gasteiger charge is 2.31. The number of hydrogen-bond donors (Lipinski definition) is 1. The fourth-order valence-corrected chi connectivity index (χ4v) is 2.94. The van der Waals surface area contributed by atoms with Gasteiger partial charge in [0.05, 0.1) is 12.2 Å². The first-order chi connectivity index (χ1) is 11.2. The highest BCUT2D eigenvalue weighted by molar-refractivity contribution is 6.01. The molecule has 2 aromatic carbocycles. The average molecular weight is 310 g/mol. The minimum atomic E-state index is -0.145. The Bertz CT molecular complexity index is 682. The first-order valence-corrected chi connectivity index (χ1v) is 8.14. The molecule has 0 saturated heterocycles. The molecule has 120 valence electrons. The molecule has 1 heterocycles. The van der Waals surface area contributed by atoms with E-state index >= 15 is 0 Å². The Labute approximate surface area is 137 Å². The van der Waals surface area contributed by atoms with E-state index in [0.29, 0.717) is 6.61 Å². The number of fused-ring (bicyclic) bond motifs is 1. The fourth-order valence-electron chi connectivity index (χ4n) is 2.94. The highest BCUT2D eigenvalue weighted by Crippen LogP contribution is 2.33. The maximum absolute atomic E-state index is 12.8. The molecule has 2 aromatic rings. The number of nitrogens with one attached hydrogen (secondary N) is 1. The molecule has 4 nitrogen and oxygen atoms in total. The Morgan fingerprint density at radius 3 is 2.52 bits per heavy atom. The van der Waals surface area contributed by atoms with Crippen LogP contribution in [0.25, 0.3) is 0 Å². The van der Waals surface area contributed by atoms with Crippen molar-refractivity contribution in [3.05, 3.63) is 59.7 Å². The molecule has 1 aliphatic heterocycles. The zero-order valence-electron chi connectivity index (χ0n) is 13.6. The van der Waals surface area contributed by atoms with Gasteiger partial charge in [0.1, 0.15) is 11.9 Å². The summed E-state index contributed by atoms with van der Waals surface area (Å²) in [5.74, 6) is 0.931. The second kappa shape index (κ2) is 6.73. The van der Waals surface area contributed by atoms with E-state index in [2.05, 4.69) is 12.2 Å². The van der Waals surface area contributed by atoms with Crippen LogP contribution in [0, 0.1) is 0 Å². The number of benzene rings is 2. The summed E-state index contributed by atoms with van der Waals surface area (Å²) in [6.07, 6.45) is 0.774. The van der Waals surface area contributed by atoms with Gasteiger partial charge < -0.3 is 15.0 Å². The van der Waals surface area contributed by atoms with Crippen LogP contribution < -0.4 is 10.1 Å². The lowest BCUT2D eigenvalue weighted by atomic mass is 10.0. The summed E-state index contributed by atoms with van der Waals surface area (Å²) in [6, 6.07) is 15.6. The third-order valence-corrected chi connectivity index (χ3v) is 3.99. The van der Waals surface area contributed by atoms with Crippen LogP contribution in [0.3, 0.4) is 0 Å². The van der Waals surface area contributed by atoms with Gasteiger partial charge in [0.25, 0.3) is 5.91 Å². The molecule has 3 rings (SSSR count). The normalized spacial score (nSPS) is 16.7. The molecular formula is C19H22N2O2. The predicted molar refractivity (Wildman–Crippen MR) is 91.7 cm³/mol. The van der Waals surface area contributed by atoms with Gasteiger partial charge in [0.2, 0.25) is 0 Å². The SMILES string of the molecule is CCCN1C(=O)c2ccccc2NC1c1ccc(OCC)cc1. The lowest BCUT2D eigenvalue weighted by Gasteiger charge is -2.38. The molecule has 1 atom stereocenters. The molecular weight excluding hydrogens is 288 g/mol. The van der Waals surface area contributed by atoms with Crippen LogP contribution in [0.15, 0.2) is 48.5 Å². The molecule has 1 aliphatic rings. The molecule has 1 amide bonds. The van der Waals surface area contributed by atoms with E-state index in [0.717, 1.165) is 35.5 Å². The largest absolute Gasteiger partial charge is 0.494 e. The summed E-state index contributed by atoms with van der Waals surface area (Å²) in [6.45, 7) is 5.42. The van der Waals surface area contributed by atoms with Crippen LogP contribution in [0.1, 0.15) is 42.4 Å². The lowest BCUT2D eigenvalue weighted by Crippen LogP contribution is -2.43. The van der Waals surface area contributed by atoms with Crippen molar-refractivity contribution < 1.29 is 9.53 Å². The number of para-hydroxylation sites is 1. The van der Waals surface area contributed by atoms with Gasteiger partial charge in [-0.25, -0.2) is 0 Å². The van der Waals surface area contributed by atoms with E-state index in [1.807, 2.05) is 60.4 Å². The van der Waals surface area contributed by atoms with Crippen molar-refractivity contribution in [3.8, 4) is 5.75 Å². The molecule has 1 unspecified atom stereocenters. The number of anilines is 1. The Morgan fingerprint density at radius 1 is 1.09 bits per heavy atom. The van der Waals surface area contributed by atoms with Crippen LogP contribution in [-0.4, -0.2) is 24.0 Å². The van der Waals surface area contributed by atoms with Gasteiger partial charge >= 0.3 is 0 Å². The smallest absolute Gasteiger partial charge is 0.257 e. The molecule has 23 heavy (non-hydrogen) atoms. The highest BCUT2D eigenvalue weighted by atomic mass is 16.5. The van der Waals surface area contributed by atoms with Crippen LogP contribution in [0.2, 0.25) is 0 Å². The van der Waals surface area contributed by atoms with Gasteiger partial charge in [0.15, 0.2) is 0 Å². The second-order valence-corrected chi connectivity index (χ2v) is 5.59. The molecule has 0 aromatic heterocycles. The number of carbonyl (C=O) groups is 1. The lowest BCUT2D eigenvalue weighted by molar-refractivity contribution is 0.0683. The fraction of sp³-hybridized carbons (Fsp3) is 0.316. The Hall–Kier alpha value is -2.49. The van der Waals surface area contributed by atoms with Crippen molar-refractivity contribution >= 4 is 11.6 Å². The zero-order valence-corrected chi connectivity index (χ0v) is 13.6. The van der Waals surface area contributed by atoms with Gasteiger partial charge in [-0.2, -0.15) is 0 Å². The quantitative estimate of drug-likeness (QED) is 0.905. The maximum atomic E-state index is 12.8. The molecule has 0 bridgehead atoms. The summed E-state index contributed by atoms with van der Waals surface area (Å²) in [5, 5.41) is 3.49. The van der Waals surface area contributed by atoms with E-state index in [-0.39, 0.29) is 12.1 Å². The standard InChI is InChI=1S/C19H22N2O2/c1-3-13-21-18(14-9-11-15(12-10-14)23-4-2)20-17-8-6-5-7-16(17)19(21)22/h5-12,18,20H,3-4,13H2,1-2H3. The van der Waals surface area contributed by atoms with E-state index in [4.69, 9.17) is 4.74 Å². The summed E-state index contributed by atoms with van der Waals surface area (Å²) in [5.41, 5.74) is 2.69. The molecule has 0 fully saturated rings. The van der Waals surface area contributed by atoms with Gasteiger partial charge in [-0.05, 0) is 43.2 Å². The molecule has 0 saturated carbocycles. The number of hydrogen-bond acceptors (Lipinski definition) is 3. The maximum Gasteiger partial charge on any atom is 0.257 e. The third-order valence-electron chi connectivity index (χ3n) is 3.99. The number of carbonyl (C=O) groups excluding carboxylic acids is 1. The van der Waals surface area contributed by atoms with Crippen LogP contribution in [-0.2, 0) is 0 Å². The van der Waals surface area contributed by atoms with Crippen molar-refractivity contribution in [1.82, 2.24) is 4.90 Å². The number of amides is 1. The Morgan fingerprint density at radius 2 is 1.83 bits per heavy atom. The predicted octanol–water partition coefficient (Wildman–Crippen LogP) is 4.06. The Balaban J connectivity index is 1.94. The number of nitrogens with zero attached hydrogens (tertiary/aromatic N) is 1. The topological polar surface area (TPSA) is 41.6 Å². The first-order valence-electron chi connectivity index (χ1n) is 8.14. The second-order valence-electron chi connectivity index (χ2n) is 5.59. The van der Waals surface area contributed by atoms with Crippen molar-refractivity contribution in [2.24, 2.45) is 0 Å². The van der Waals surface area contributed by atoms with Crippen molar-refractivity contribution in [1.29, 1.82) is 0 Å². The number of ether oxygens (including phenoxy) is 1. The van der Waals surface area contributed by atoms with Crippen molar-refractivity contribution in [3.63, 3.8) is 0 Å². The number of rotatable bonds is 5. The van der Waals surface area contributed by atoms with Gasteiger partial charge in [-0.15, -0.1) is 0 Å². The van der Waals surface area contributed by atoms with Gasteiger partial charge in [0, 0.05) is 12.2 Å². The van der Waals surface area contributed by atoms with Gasteiger partial charge in [-0.1, -0.05) is 31.2 Å². The first kappa shape index (κ1) is 15.4. The van der Waals surface area contributed by atoms with E-state index in [9.17, 15) is 4.79 Å². The molecule has 1 N–H and O–H groups in total. The van der Waals surface area contributed by atoms with Crippen LogP contribution in [0.5, 0.6) is 5.75 Å². The van der Waals surface area contributed by atoms with Crippen molar-refractivity contribution in [2.75, 3.05) is 18.5 Å². The van der Waals surface area contributed by atoms with E-state index < -0.39 is 0 Å². The molecule has 0 aliphatic carbocycles.